The van der Waals surface area contributed by atoms with E-state index in [1.165, 1.54) is 0 Å². The zero-order chi connectivity index (χ0) is 10.3. The Morgan fingerprint density at radius 1 is 1.57 bits per heavy atom. The van der Waals surface area contributed by atoms with E-state index >= 15 is 0 Å². The number of H-pyrrole nitrogens is 1. The van der Waals surface area contributed by atoms with Crippen LogP contribution < -0.4 is 0 Å². The van der Waals surface area contributed by atoms with Crippen molar-refractivity contribution in [2.24, 2.45) is 0 Å². The molecule has 0 saturated carbocycles. The van der Waals surface area contributed by atoms with Gasteiger partial charge >= 0.3 is 5.97 Å². The van der Waals surface area contributed by atoms with Crippen LogP contribution in [0.2, 0.25) is 0 Å². The minimum atomic E-state index is -0.999. The molecule has 0 bridgehead atoms. The second kappa shape index (κ2) is 3.23. The third-order valence-corrected chi connectivity index (χ3v) is 2.65. The number of benzene rings is 1. The van der Waals surface area contributed by atoms with Crippen LogP contribution in [-0.2, 0) is 0 Å². The fraction of sp³-hybridized carbons (Fsp3) is 0.111. The highest BCUT2D eigenvalue weighted by Crippen LogP contribution is 2.22. The van der Waals surface area contributed by atoms with Crippen molar-refractivity contribution in [3.05, 3.63) is 27.0 Å². The van der Waals surface area contributed by atoms with E-state index in [-0.39, 0.29) is 5.69 Å². The van der Waals surface area contributed by atoms with Crippen molar-refractivity contribution in [2.45, 2.75) is 6.92 Å². The number of aromatic amines is 1. The van der Waals surface area contributed by atoms with Crippen LogP contribution in [0, 0.1) is 10.5 Å². The van der Waals surface area contributed by atoms with Crippen molar-refractivity contribution in [1.29, 1.82) is 0 Å². The van der Waals surface area contributed by atoms with E-state index in [1.807, 2.05) is 19.1 Å². The van der Waals surface area contributed by atoms with Crippen LogP contribution >= 0.6 is 22.6 Å². The highest BCUT2D eigenvalue weighted by atomic mass is 127. The number of hydrogen-bond acceptors (Lipinski definition) is 2. The average molecular weight is 302 g/mol. The maximum atomic E-state index is 10.8. The van der Waals surface area contributed by atoms with Gasteiger partial charge in [0.1, 0.15) is 0 Å². The first-order valence-electron chi connectivity index (χ1n) is 3.97. The Labute approximate surface area is 93.5 Å². The molecule has 0 aliphatic heterocycles. The van der Waals surface area contributed by atoms with E-state index < -0.39 is 5.97 Å². The molecule has 4 nitrogen and oxygen atoms in total. The largest absolute Gasteiger partial charge is 0.476 e. The summed E-state index contributed by atoms with van der Waals surface area (Å²) < 4.78 is 1.06. The lowest BCUT2D eigenvalue weighted by Gasteiger charge is -1.97. The summed E-state index contributed by atoms with van der Waals surface area (Å²) in [6.45, 7) is 1.88. The van der Waals surface area contributed by atoms with Gasteiger partial charge in [-0.3, -0.25) is 5.10 Å². The second-order valence-electron chi connectivity index (χ2n) is 3.02. The third-order valence-electron chi connectivity index (χ3n) is 2.03. The third kappa shape index (κ3) is 1.37. The van der Waals surface area contributed by atoms with Gasteiger partial charge in [0.15, 0.2) is 5.69 Å². The maximum absolute atomic E-state index is 10.8. The first kappa shape index (κ1) is 9.45. The number of halogens is 1. The van der Waals surface area contributed by atoms with E-state index in [9.17, 15) is 4.79 Å². The van der Waals surface area contributed by atoms with Crippen LogP contribution in [-0.4, -0.2) is 21.3 Å². The van der Waals surface area contributed by atoms with Gasteiger partial charge in [-0.15, -0.1) is 0 Å². The number of nitrogens with zero attached hydrogens (tertiary/aromatic N) is 1. The number of hydrogen-bond donors (Lipinski definition) is 2. The second-order valence-corrected chi connectivity index (χ2v) is 4.27. The van der Waals surface area contributed by atoms with Crippen molar-refractivity contribution in [3.63, 3.8) is 0 Å². The summed E-state index contributed by atoms with van der Waals surface area (Å²) in [4.78, 5) is 10.8. The van der Waals surface area contributed by atoms with Crippen molar-refractivity contribution >= 4 is 39.5 Å². The van der Waals surface area contributed by atoms with Gasteiger partial charge in [0.25, 0.3) is 0 Å². The number of nitrogens with one attached hydrogen (secondary N) is 1. The van der Waals surface area contributed by atoms with E-state index in [1.54, 1.807) is 0 Å². The normalized spacial score (nSPS) is 10.7. The summed E-state index contributed by atoms with van der Waals surface area (Å²) in [6, 6.07) is 3.81. The van der Waals surface area contributed by atoms with Gasteiger partial charge in [0.05, 0.1) is 5.52 Å². The Bertz CT molecular complexity index is 519. The summed E-state index contributed by atoms with van der Waals surface area (Å²) in [5, 5.41) is 16.1. The van der Waals surface area contributed by atoms with Crippen molar-refractivity contribution in [1.82, 2.24) is 10.2 Å². The molecule has 1 aromatic carbocycles. The molecule has 1 heterocycles. The number of rotatable bonds is 1. The lowest BCUT2D eigenvalue weighted by molar-refractivity contribution is 0.0692. The predicted octanol–water partition coefficient (Wildman–Crippen LogP) is 2.17. The number of aryl methyl sites for hydroxylation is 1. The Morgan fingerprint density at radius 2 is 2.29 bits per heavy atom. The molecule has 0 saturated heterocycles. The zero-order valence-electron chi connectivity index (χ0n) is 7.34. The van der Waals surface area contributed by atoms with Crippen LogP contribution in [0.3, 0.4) is 0 Å². The zero-order valence-corrected chi connectivity index (χ0v) is 9.49. The van der Waals surface area contributed by atoms with Gasteiger partial charge in [-0.25, -0.2) is 4.79 Å². The first-order chi connectivity index (χ1) is 6.59. The smallest absolute Gasteiger partial charge is 0.357 e. The summed E-state index contributed by atoms with van der Waals surface area (Å²) >= 11 is 2.18. The van der Waals surface area contributed by atoms with Crippen molar-refractivity contribution < 1.29 is 9.90 Å². The number of carboxylic acids is 1. The number of carbonyl (C=O) groups is 1. The highest BCUT2D eigenvalue weighted by molar-refractivity contribution is 14.1. The van der Waals surface area contributed by atoms with Gasteiger partial charge in [0, 0.05) is 8.96 Å². The molecule has 1 aromatic heterocycles. The standard InChI is InChI=1S/C9H7IN2O2/c1-4-2-5(10)3-6-7(4)8(9(13)14)12-11-6/h2-3H,1H3,(H,11,12)(H,13,14). The Kier molecular flexibility index (Phi) is 2.18. The molecule has 2 aromatic rings. The van der Waals surface area contributed by atoms with Crippen LogP contribution in [0.1, 0.15) is 16.1 Å². The molecular weight excluding hydrogens is 295 g/mol. The molecule has 0 aliphatic carbocycles. The Balaban J connectivity index is 2.85. The van der Waals surface area contributed by atoms with Gasteiger partial charge in [-0.2, -0.15) is 5.10 Å². The van der Waals surface area contributed by atoms with Crippen LogP contribution in [0.25, 0.3) is 10.9 Å². The van der Waals surface area contributed by atoms with Crippen molar-refractivity contribution in [3.8, 4) is 0 Å². The van der Waals surface area contributed by atoms with Crippen LogP contribution in [0.5, 0.6) is 0 Å². The molecule has 0 fully saturated rings. The molecule has 5 heteroatoms. The topological polar surface area (TPSA) is 66.0 Å². The minimum Gasteiger partial charge on any atom is -0.476 e. The number of aromatic nitrogens is 2. The molecule has 0 radical (unpaired) electrons. The first-order valence-corrected chi connectivity index (χ1v) is 5.05. The fourth-order valence-electron chi connectivity index (χ4n) is 1.47. The lowest BCUT2D eigenvalue weighted by Crippen LogP contribution is -1.97. The van der Waals surface area contributed by atoms with Gasteiger partial charge in [-0.05, 0) is 47.2 Å². The molecule has 2 N–H and O–H groups in total. The Morgan fingerprint density at radius 3 is 2.93 bits per heavy atom. The minimum absolute atomic E-state index is 0.0916. The molecule has 0 spiro atoms. The quantitative estimate of drug-likeness (QED) is 0.793. The molecular formula is C9H7IN2O2. The van der Waals surface area contributed by atoms with Crippen molar-refractivity contribution in [2.75, 3.05) is 0 Å². The van der Waals surface area contributed by atoms with E-state index in [0.29, 0.717) is 5.39 Å². The van der Waals surface area contributed by atoms with E-state index in [4.69, 9.17) is 5.11 Å². The summed E-state index contributed by atoms with van der Waals surface area (Å²) in [5.74, 6) is -0.999. The van der Waals surface area contributed by atoms with Crippen LogP contribution in [0.15, 0.2) is 12.1 Å². The molecule has 0 atom stereocenters. The molecule has 0 amide bonds. The van der Waals surface area contributed by atoms with E-state index in [0.717, 1.165) is 14.7 Å². The number of carboxylic acid groups (broad SMARTS) is 1. The van der Waals surface area contributed by atoms with Gasteiger partial charge in [-0.1, -0.05) is 0 Å². The summed E-state index contributed by atoms with van der Waals surface area (Å²) in [5.41, 5.74) is 1.79. The average Bonchev–Trinajstić information content (AvgIpc) is 2.47. The molecule has 0 aliphatic rings. The Hall–Kier alpha value is -1.11. The SMILES string of the molecule is Cc1cc(I)cc2[nH]nc(C(=O)O)c12. The van der Waals surface area contributed by atoms with E-state index in [2.05, 4.69) is 32.8 Å². The summed E-state index contributed by atoms with van der Waals surface area (Å²) in [6.07, 6.45) is 0. The predicted molar refractivity (Wildman–Crippen MR) is 60.5 cm³/mol. The fourth-order valence-corrected chi connectivity index (χ4v) is 2.25. The maximum Gasteiger partial charge on any atom is 0.357 e. The molecule has 2 rings (SSSR count). The molecule has 0 unspecified atom stereocenters. The summed E-state index contributed by atoms with van der Waals surface area (Å²) in [7, 11) is 0. The number of aromatic carboxylic acids is 1. The van der Waals surface area contributed by atoms with Gasteiger partial charge < -0.3 is 5.11 Å². The number of fused-ring (bicyclic) bond motifs is 1. The monoisotopic (exact) mass is 302 g/mol. The highest BCUT2D eigenvalue weighted by Gasteiger charge is 2.14. The molecule has 72 valence electrons. The van der Waals surface area contributed by atoms with Gasteiger partial charge in [0.2, 0.25) is 0 Å². The van der Waals surface area contributed by atoms with Crippen LogP contribution in [0.4, 0.5) is 0 Å². The lowest BCUT2D eigenvalue weighted by atomic mass is 10.1. The molecule has 14 heavy (non-hydrogen) atoms.